The van der Waals surface area contributed by atoms with Gasteiger partial charge in [-0.15, -0.1) is 0 Å². The minimum Gasteiger partial charge on any atom is -0.356 e. The average Bonchev–Trinajstić information content (AvgIpc) is 2.94. The fraction of sp³-hybridized carbons (Fsp3) is 0.667. The highest BCUT2D eigenvalue weighted by molar-refractivity contribution is 5.76. The van der Waals surface area contributed by atoms with Crippen LogP contribution in [-0.2, 0) is 17.9 Å². The normalized spacial score (nSPS) is 11.2. The van der Waals surface area contributed by atoms with Crippen LogP contribution in [0.5, 0.6) is 0 Å². The van der Waals surface area contributed by atoms with Crippen LogP contribution < -0.4 is 5.32 Å². The molecule has 5 nitrogen and oxygen atoms in total. The zero-order chi connectivity index (χ0) is 26.9. The molecule has 0 aliphatic heterocycles. The molecule has 0 aliphatic rings. The number of aromatic nitrogens is 2. The quantitative estimate of drug-likeness (QED) is 0.141. The van der Waals surface area contributed by atoms with Gasteiger partial charge in [-0.2, -0.15) is 0 Å². The van der Waals surface area contributed by atoms with E-state index in [1.165, 1.54) is 96.3 Å². The molecule has 0 saturated heterocycles. The summed E-state index contributed by atoms with van der Waals surface area (Å²) in [6, 6.07) is 11.9. The van der Waals surface area contributed by atoms with E-state index < -0.39 is 0 Å². The Labute approximate surface area is 233 Å². The molecule has 1 N–H and O–H groups in total. The summed E-state index contributed by atoms with van der Waals surface area (Å²) in [6.45, 7) is 5.19. The first-order valence-corrected chi connectivity index (χ1v) is 15.6. The van der Waals surface area contributed by atoms with Gasteiger partial charge in [0.1, 0.15) is 0 Å². The van der Waals surface area contributed by atoms with E-state index in [0.29, 0.717) is 26.1 Å². The minimum atomic E-state index is 0.137. The highest BCUT2D eigenvalue weighted by Crippen LogP contribution is 2.14. The van der Waals surface area contributed by atoms with Crippen molar-refractivity contribution >= 4 is 5.91 Å². The van der Waals surface area contributed by atoms with Gasteiger partial charge in [0.25, 0.3) is 0 Å². The molecule has 0 atom stereocenters. The maximum absolute atomic E-state index is 12.4. The molecule has 38 heavy (non-hydrogen) atoms. The molecule has 2 heterocycles. The third-order valence-electron chi connectivity index (χ3n) is 7.23. The van der Waals surface area contributed by atoms with Crippen LogP contribution in [0.1, 0.15) is 127 Å². The summed E-state index contributed by atoms with van der Waals surface area (Å²) in [5.41, 5.74) is 2.02. The van der Waals surface area contributed by atoms with E-state index in [1.807, 2.05) is 48.8 Å². The molecule has 0 radical (unpaired) electrons. The number of rotatable bonds is 24. The lowest BCUT2D eigenvalue weighted by atomic mass is 10.0. The van der Waals surface area contributed by atoms with Gasteiger partial charge in [0, 0.05) is 45.0 Å². The molecule has 0 saturated carbocycles. The Morgan fingerprint density at radius 2 is 1.11 bits per heavy atom. The molecule has 2 rings (SSSR count). The monoisotopic (exact) mass is 522 g/mol. The van der Waals surface area contributed by atoms with Gasteiger partial charge >= 0.3 is 0 Å². The fourth-order valence-corrected chi connectivity index (χ4v) is 4.90. The van der Waals surface area contributed by atoms with Crippen molar-refractivity contribution in [3.8, 4) is 0 Å². The van der Waals surface area contributed by atoms with Gasteiger partial charge in [0.2, 0.25) is 5.91 Å². The first-order valence-electron chi connectivity index (χ1n) is 15.6. The Hall–Kier alpha value is -2.27. The Morgan fingerprint density at radius 3 is 1.53 bits per heavy atom. The molecule has 2 aromatic heterocycles. The maximum atomic E-state index is 12.4. The molecule has 0 aromatic carbocycles. The number of pyridine rings is 2. The van der Waals surface area contributed by atoms with Crippen LogP contribution in [0.3, 0.4) is 0 Å². The third kappa shape index (κ3) is 17.3. The van der Waals surface area contributed by atoms with Gasteiger partial charge in [-0.25, -0.2) is 0 Å². The Morgan fingerprint density at radius 1 is 0.658 bits per heavy atom. The van der Waals surface area contributed by atoms with Crippen molar-refractivity contribution in [1.82, 2.24) is 20.2 Å². The maximum Gasteiger partial charge on any atom is 0.221 e. The second-order valence-corrected chi connectivity index (χ2v) is 10.8. The van der Waals surface area contributed by atoms with Crippen LogP contribution >= 0.6 is 0 Å². The van der Waals surface area contributed by atoms with Crippen molar-refractivity contribution < 1.29 is 4.79 Å². The number of hydrogen-bond acceptors (Lipinski definition) is 4. The lowest BCUT2D eigenvalue weighted by Crippen LogP contribution is -2.31. The first kappa shape index (κ1) is 31.9. The highest BCUT2D eigenvalue weighted by atomic mass is 16.1. The predicted octanol–water partition coefficient (Wildman–Crippen LogP) is 8.25. The van der Waals surface area contributed by atoms with Crippen molar-refractivity contribution in [2.75, 3.05) is 13.1 Å². The van der Waals surface area contributed by atoms with Crippen molar-refractivity contribution in [3.63, 3.8) is 0 Å². The van der Waals surface area contributed by atoms with Crippen LogP contribution in [-0.4, -0.2) is 33.9 Å². The molecular formula is C33H54N4O. The number of hydrogen-bond donors (Lipinski definition) is 1. The minimum absolute atomic E-state index is 0.137. The predicted molar refractivity (Wildman–Crippen MR) is 160 cm³/mol. The summed E-state index contributed by atoms with van der Waals surface area (Å²) in [5.74, 6) is 0.137. The Bertz CT molecular complexity index is 758. The molecule has 5 heteroatoms. The summed E-state index contributed by atoms with van der Waals surface area (Å²) in [4.78, 5) is 23.6. The highest BCUT2D eigenvalue weighted by Gasteiger charge is 2.11. The summed E-state index contributed by atoms with van der Waals surface area (Å²) in [5, 5.41) is 3.12. The van der Waals surface area contributed by atoms with Crippen LogP contribution in [0.25, 0.3) is 0 Å². The number of nitrogens with zero attached hydrogens (tertiary/aromatic N) is 3. The molecule has 0 fully saturated rings. The molecule has 0 unspecified atom stereocenters. The van der Waals surface area contributed by atoms with Crippen LogP contribution in [0, 0.1) is 0 Å². The molecule has 0 aliphatic carbocycles. The van der Waals surface area contributed by atoms with Gasteiger partial charge in [-0.05, 0) is 30.7 Å². The smallest absolute Gasteiger partial charge is 0.221 e. The van der Waals surface area contributed by atoms with Gasteiger partial charge in [-0.3, -0.25) is 19.7 Å². The molecule has 0 spiro atoms. The van der Waals surface area contributed by atoms with Gasteiger partial charge in [-0.1, -0.05) is 115 Å². The second kappa shape index (κ2) is 22.7. The van der Waals surface area contributed by atoms with Gasteiger partial charge < -0.3 is 5.32 Å². The molecule has 212 valence electrons. The van der Waals surface area contributed by atoms with E-state index in [2.05, 4.69) is 27.1 Å². The molecule has 2 aromatic rings. The number of nitrogens with one attached hydrogen (secondary N) is 1. The van der Waals surface area contributed by atoms with Crippen molar-refractivity contribution in [3.05, 3.63) is 60.2 Å². The zero-order valence-corrected chi connectivity index (χ0v) is 24.2. The van der Waals surface area contributed by atoms with Gasteiger partial charge in [0.15, 0.2) is 0 Å². The van der Waals surface area contributed by atoms with Crippen LogP contribution in [0.15, 0.2) is 48.8 Å². The topological polar surface area (TPSA) is 58.1 Å². The molecule has 0 bridgehead atoms. The first-order chi connectivity index (χ1) is 18.8. The lowest BCUT2D eigenvalue weighted by Gasteiger charge is -2.21. The standard InChI is InChI=1S/C33H54N4O/c1-2-3-4-5-6-7-8-9-10-11-12-13-14-15-16-19-27-36-33(38)24-28-37(29-31-22-17-20-25-34-31)30-32-23-18-21-26-35-32/h17-18,20-23,25-26H,2-16,19,24,27-30H2,1H3,(H,36,38). The van der Waals surface area contributed by atoms with Crippen molar-refractivity contribution in [2.45, 2.75) is 129 Å². The Kier molecular flexibility index (Phi) is 19.1. The number of amides is 1. The van der Waals surface area contributed by atoms with Crippen LogP contribution in [0.4, 0.5) is 0 Å². The van der Waals surface area contributed by atoms with E-state index in [9.17, 15) is 4.79 Å². The number of carbonyl (C=O) groups excluding carboxylic acids is 1. The number of unbranched alkanes of at least 4 members (excludes halogenated alkanes) is 15. The molecular weight excluding hydrogens is 468 g/mol. The SMILES string of the molecule is CCCCCCCCCCCCCCCCCCNC(=O)CCN(Cc1ccccn1)Cc1ccccn1. The second-order valence-electron chi connectivity index (χ2n) is 10.8. The fourth-order valence-electron chi connectivity index (χ4n) is 4.90. The van der Waals surface area contributed by atoms with E-state index in [4.69, 9.17) is 0 Å². The van der Waals surface area contributed by atoms with Crippen molar-refractivity contribution in [2.24, 2.45) is 0 Å². The summed E-state index contributed by atoms with van der Waals surface area (Å²) >= 11 is 0. The zero-order valence-electron chi connectivity index (χ0n) is 24.2. The third-order valence-corrected chi connectivity index (χ3v) is 7.23. The Balaban J connectivity index is 1.44. The lowest BCUT2D eigenvalue weighted by molar-refractivity contribution is -0.121. The van der Waals surface area contributed by atoms with Gasteiger partial charge in [0.05, 0.1) is 11.4 Å². The van der Waals surface area contributed by atoms with E-state index in [-0.39, 0.29) is 5.91 Å². The van der Waals surface area contributed by atoms with Crippen LogP contribution in [0.2, 0.25) is 0 Å². The van der Waals surface area contributed by atoms with E-state index in [1.54, 1.807) is 0 Å². The van der Waals surface area contributed by atoms with E-state index in [0.717, 1.165) is 24.4 Å². The summed E-state index contributed by atoms with van der Waals surface area (Å²) in [7, 11) is 0. The average molecular weight is 523 g/mol. The number of carbonyl (C=O) groups is 1. The van der Waals surface area contributed by atoms with E-state index >= 15 is 0 Å². The van der Waals surface area contributed by atoms with Crippen molar-refractivity contribution in [1.29, 1.82) is 0 Å². The summed E-state index contributed by atoms with van der Waals surface area (Å²) in [6.07, 6.45) is 26.0. The summed E-state index contributed by atoms with van der Waals surface area (Å²) < 4.78 is 0. The largest absolute Gasteiger partial charge is 0.356 e. The molecule has 1 amide bonds.